The van der Waals surface area contributed by atoms with Crippen molar-refractivity contribution in [2.75, 3.05) is 0 Å². The summed E-state index contributed by atoms with van der Waals surface area (Å²) < 4.78 is 27.9. The Balaban J connectivity index is 2.62. The maximum Gasteiger partial charge on any atom is 0.135 e. The van der Waals surface area contributed by atoms with Gasteiger partial charge in [-0.05, 0) is 43.2 Å². The smallest absolute Gasteiger partial charge is 0.135 e. The second kappa shape index (κ2) is 4.63. The van der Waals surface area contributed by atoms with Gasteiger partial charge in [0.15, 0.2) is 0 Å². The Bertz CT molecular complexity index is 604. The maximum absolute atomic E-state index is 14.1. The number of benzene rings is 2. The molecule has 2 aromatic rings. The fourth-order valence-corrected chi connectivity index (χ4v) is 2.03. The summed E-state index contributed by atoms with van der Waals surface area (Å²) in [5, 5.41) is 19.7. The molecule has 100 valence electrons. The van der Waals surface area contributed by atoms with Gasteiger partial charge in [0.25, 0.3) is 0 Å². The number of rotatable bonds is 2. The maximum atomic E-state index is 14.1. The van der Waals surface area contributed by atoms with E-state index in [1.54, 1.807) is 0 Å². The number of phenolic OH excluding ortho intramolecular Hbond substituents is 1. The lowest BCUT2D eigenvalue weighted by Gasteiger charge is -2.26. The van der Waals surface area contributed by atoms with Crippen molar-refractivity contribution in [1.29, 1.82) is 0 Å². The summed E-state index contributed by atoms with van der Waals surface area (Å²) in [6.07, 6.45) is 0. The molecule has 0 fully saturated rings. The summed E-state index contributed by atoms with van der Waals surface area (Å²) >= 11 is 0. The van der Waals surface area contributed by atoms with Gasteiger partial charge in [0.05, 0.1) is 5.56 Å². The first kappa shape index (κ1) is 13.5. The number of aryl methyl sites for hydroxylation is 1. The zero-order chi connectivity index (χ0) is 14.2. The standard InChI is InChI=1S/C15H14F2O2/c1-9-3-8-12(16)13(14(9)17)15(2,19)10-4-6-11(18)7-5-10/h3-8,18-19H,1-2H3. The van der Waals surface area contributed by atoms with Crippen molar-refractivity contribution in [3.63, 3.8) is 0 Å². The van der Waals surface area contributed by atoms with E-state index < -0.39 is 22.8 Å². The fraction of sp³-hybridized carbons (Fsp3) is 0.200. The summed E-state index contributed by atoms with van der Waals surface area (Å²) in [5.41, 5.74) is -1.64. The van der Waals surface area contributed by atoms with Crippen LogP contribution in [0.2, 0.25) is 0 Å². The predicted octanol–water partition coefficient (Wildman–Crippen LogP) is 3.23. The van der Waals surface area contributed by atoms with Crippen LogP contribution < -0.4 is 0 Å². The van der Waals surface area contributed by atoms with Gasteiger partial charge in [0, 0.05) is 0 Å². The summed E-state index contributed by atoms with van der Waals surface area (Å²) in [7, 11) is 0. The van der Waals surface area contributed by atoms with Crippen molar-refractivity contribution in [2.45, 2.75) is 19.4 Å². The molecule has 0 saturated heterocycles. The predicted molar refractivity (Wildman–Crippen MR) is 67.9 cm³/mol. The minimum Gasteiger partial charge on any atom is -0.508 e. The molecule has 4 heteroatoms. The van der Waals surface area contributed by atoms with Gasteiger partial charge in [-0.1, -0.05) is 18.2 Å². The first-order valence-corrected chi connectivity index (χ1v) is 5.81. The lowest BCUT2D eigenvalue weighted by molar-refractivity contribution is 0.0932. The number of hydrogen-bond donors (Lipinski definition) is 2. The molecular formula is C15H14F2O2. The topological polar surface area (TPSA) is 40.5 Å². The highest BCUT2D eigenvalue weighted by atomic mass is 19.1. The molecule has 0 amide bonds. The van der Waals surface area contributed by atoms with E-state index in [2.05, 4.69) is 0 Å². The van der Waals surface area contributed by atoms with Gasteiger partial charge in [-0.3, -0.25) is 0 Å². The minimum atomic E-state index is -1.81. The van der Waals surface area contributed by atoms with Crippen LogP contribution in [0, 0.1) is 18.6 Å². The van der Waals surface area contributed by atoms with Crippen LogP contribution in [0.4, 0.5) is 8.78 Å². The van der Waals surface area contributed by atoms with Gasteiger partial charge in [-0.15, -0.1) is 0 Å². The van der Waals surface area contributed by atoms with E-state index in [1.165, 1.54) is 44.2 Å². The Kier molecular flexibility index (Phi) is 3.28. The van der Waals surface area contributed by atoms with E-state index in [0.717, 1.165) is 6.07 Å². The number of hydrogen-bond acceptors (Lipinski definition) is 2. The lowest BCUT2D eigenvalue weighted by Crippen LogP contribution is -2.26. The van der Waals surface area contributed by atoms with Gasteiger partial charge in [-0.2, -0.15) is 0 Å². The Morgan fingerprint density at radius 1 is 1.00 bits per heavy atom. The van der Waals surface area contributed by atoms with Crippen molar-refractivity contribution in [2.24, 2.45) is 0 Å². The van der Waals surface area contributed by atoms with Gasteiger partial charge < -0.3 is 10.2 Å². The van der Waals surface area contributed by atoms with Crippen LogP contribution >= 0.6 is 0 Å². The average molecular weight is 264 g/mol. The number of halogens is 2. The molecule has 0 aliphatic rings. The zero-order valence-corrected chi connectivity index (χ0v) is 10.6. The van der Waals surface area contributed by atoms with Gasteiger partial charge in [0.1, 0.15) is 23.0 Å². The van der Waals surface area contributed by atoms with Crippen molar-refractivity contribution in [3.8, 4) is 5.75 Å². The summed E-state index contributed by atoms with van der Waals surface area (Å²) in [6, 6.07) is 8.02. The summed E-state index contributed by atoms with van der Waals surface area (Å²) in [4.78, 5) is 0. The van der Waals surface area contributed by atoms with E-state index in [0.29, 0.717) is 5.56 Å². The SMILES string of the molecule is Cc1ccc(F)c(C(C)(O)c2ccc(O)cc2)c1F. The van der Waals surface area contributed by atoms with Crippen molar-refractivity contribution in [3.05, 3.63) is 64.7 Å². The first-order valence-electron chi connectivity index (χ1n) is 5.81. The van der Waals surface area contributed by atoms with E-state index >= 15 is 0 Å². The van der Waals surface area contributed by atoms with Crippen molar-refractivity contribution < 1.29 is 19.0 Å². The monoisotopic (exact) mass is 264 g/mol. The van der Waals surface area contributed by atoms with E-state index in [1.807, 2.05) is 0 Å². The Morgan fingerprint density at radius 2 is 1.58 bits per heavy atom. The van der Waals surface area contributed by atoms with Crippen LogP contribution in [0.3, 0.4) is 0 Å². The van der Waals surface area contributed by atoms with Crippen LogP contribution in [0.25, 0.3) is 0 Å². The molecule has 0 aliphatic carbocycles. The Morgan fingerprint density at radius 3 is 2.16 bits per heavy atom. The van der Waals surface area contributed by atoms with Crippen LogP contribution in [-0.4, -0.2) is 10.2 Å². The van der Waals surface area contributed by atoms with Crippen molar-refractivity contribution in [1.82, 2.24) is 0 Å². The minimum absolute atomic E-state index is 0.0183. The third-order valence-corrected chi connectivity index (χ3v) is 3.20. The molecule has 1 unspecified atom stereocenters. The largest absolute Gasteiger partial charge is 0.508 e. The second-order valence-corrected chi connectivity index (χ2v) is 4.67. The molecule has 1 atom stereocenters. The second-order valence-electron chi connectivity index (χ2n) is 4.67. The zero-order valence-electron chi connectivity index (χ0n) is 10.6. The number of aliphatic hydroxyl groups is 1. The molecule has 19 heavy (non-hydrogen) atoms. The molecule has 0 radical (unpaired) electrons. The molecule has 0 saturated carbocycles. The Hall–Kier alpha value is -1.94. The Labute approximate surface area is 110 Å². The molecular weight excluding hydrogens is 250 g/mol. The highest BCUT2D eigenvalue weighted by Gasteiger charge is 2.32. The average Bonchev–Trinajstić information content (AvgIpc) is 2.34. The third kappa shape index (κ3) is 2.31. The van der Waals surface area contributed by atoms with Crippen LogP contribution in [0.15, 0.2) is 36.4 Å². The van der Waals surface area contributed by atoms with Crippen molar-refractivity contribution >= 4 is 0 Å². The van der Waals surface area contributed by atoms with Crippen LogP contribution in [-0.2, 0) is 5.60 Å². The lowest BCUT2D eigenvalue weighted by atomic mass is 9.86. The third-order valence-electron chi connectivity index (χ3n) is 3.20. The van der Waals surface area contributed by atoms with Crippen LogP contribution in [0.5, 0.6) is 5.75 Å². The molecule has 0 aromatic heterocycles. The van der Waals surface area contributed by atoms with Crippen LogP contribution in [0.1, 0.15) is 23.6 Å². The molecule has 0 bridgehead atoms. The van der Waals surface area contributed by atoms with Gasteiger partial charge in [0.2, 0.25) is 0 Å². The molecule has 2 aromatic carbocycles. The van der Waals surface area contributed by atoms with Gasteiger partial charge in [-0.25, -0.2) is 8.78 Å². The molecule has 0 heterocycles. The number of phenols is 1. The van der Waals surface area contributed by atoms with E-state index in [9.17, 15) is 19.0 Å². The van der Waals surface area contributed by atoms with E-state index in [4.69, 9.17) is 0 Å². The quantitative estimate of drug-likeness (QED) is 0.874. The summed E-state index contributed by atoms with van der Waals surface area (Å²) in [6.45, 7) is 2.82. The number of aromatic hydroxyl groups is 1. The summed E-state index contributed by atoms with van der Waals surface area (Å²) in [5.74, 6) is -1.55. The van der Waals surface area contributed by atoms with E-state index in [-0.39, 0.29) is 11.3 Å². The molecule has 2 rings (SSSR count). The highest BCUT2D eigenvalue weighted by Crippen LogP contribution is 2.34. The molecule has 2 nitrogen and oxygen atoms in total. The molecule has 0 spiro atoms. The normalized spacial score (nSPS) is 14.2. The molecule has 0 aliphatic heterocycles. The first-order chi connectivity index (χ1) is 8.84. The highest BCUT2D eigenvalue weighted by molar-refractivity contribution is 5.40. The molecule has 2 N–H and O–H groups in total. The fourth-order valence-electron chi connectivity index (χ4n) is 2.03. The van der Waals surface area contributed by atoms with Gasteiger partial charge >= 0.3 is 0 Å².